The van der Waals surface area contributed by atoms with E-state index in [-0.39, 0.29) is 16.2 Å². The van der Waals surface area contributed by atoms with Gasteiger partial charge in [0, 0.05) is 17.8 Å². The number of anilines is 1. The second-order valence-electron chi connectivity index (χ2n) is 7.28. The van der Waals surface area contributed by atoms with E-state index in [0.717, 1.165) is 11.3 Å². The second-order valence-corrected chi connectivity index (χ2v) is 9.71. The molecule has 120 valence electrons. The normalized spacial score (nSPS) is 15.6. The van der Waals surface area contributed by atoms with Crippen LogP contribution < -0.4 is 10.0 Å². The summed E-state index contributed by atoms with van der Waals surface area (Å²) in [6.45, 7) is 12.3. The van der Waals surface area contributed by atoms with E-state index in [1.807, 2.05) is 46.0 Å². The van der Waals surface area contributed by atoms with Crippen LogP contribution >= 0.6 is 11.6 Å². The summed E-state index contributed by atoms with van der Waals surface area (Å²) in [5, 5.41) is 3.87. The van der Waals surface area contributed by atoms with Crippen molar-refractivity contribution in [2.45, 2.75) is 52.3 Å². The monoisotopic (exact) mass is 330 g/mol. The van der Waals surface area contributed by atoms with Gasteiger partial charge < -0.3 is 5.32 Å². The third kappa shape index (κ3) is 4.97. The van der Waals surface area contributed by atoms with Crippen LogP contribution in [0.5, 0.6) is 0 Å². The molecule has 0 bridgehead atoms. The number of hydrogen-bond donors (Lipinski definition) is 2. The van der Waals surface area contributed by atoms with E-state index in [2.05, 4.69) is 30.8 Å². The summed E-state index contributed by atoms with van der Waals surface area (Å²) in [6.07, 6.45) is 0. The molecule has 0 fully saturated rings. The lowest BCUT2D eigenvalue weighted by Crippen LogP contribution is -2.40. The molecule has 0 amide bonds. The number of rotatable bonds is 4. The van der Waals surface area contributed by atoms with E-state index in [4.69, 9.17) is 11.6 Å². The quantitative estimate of drug-likeness (QED) is 0.852. The number of benzene rings is 1. The summed E-state index contributed by atoms with van der Waals surface area (Å²) < 4.78 is 15.5. The third-order valence-electron chi connectivity index (χ3n) is 3.24. The van der Waals surface area contributed by atoms with Crippen LogP contribution in [0, 0.1) is 5.41 Å². The van der Waals surface area contributed by atoms with Crippen molar-refractivity contribution in [3.8, 4) is 0 Å². The van der Waals surface area contributed by atoms with Crippen LogP contribution in [0.2, 0.25) is 5.02 Å². The molecule has 0 spiro atoms. The molecule has 1 rings (SSSR count). The molecule has 0 heterocycles. The lowest BCUT2D eigenvalue weighted by molar-refractivity contribution is 0.307. The average Bonchev–Trinajstić information content (AvgIpc) is 2.32. The minimum absolute atomic E-state index is 0.0706. The highest BCUT2D eigenvalue weighted by Crippen LogP contribution is 2.38. The molecule has 0 aliphatic carbocycles. The van der Waals surface area contributed by atoms with Gasteiger partial charge in [-0.05, 0) is 49.9 Å². The third-order valence-corrected chi connectivity index (χ3v) is 5.04. The number of hydrogen-bond acceptors (Lipinski definition) is 2. The molecular weight excluding hydrogens is 304 g/mol. The van der Waals surface area contributed by atoms with Crippen molar-refractivity contribution in [2.24, 2.45) is 5.41 Å². The molecule has 1 aromatic rings. The van der Waals surface area contributed by atoms with E-state index in [0.29, 0.717) is 5.02 Å². The van der Waals surface area contributed by atoms with Crippen LogP contribution in [0.4, 0.5) is 5.69 Å². The summed E-state index contributed by atoms with van der Waals surface area (Å²) >= 11 is 6.16. The lowest BCUT2D eigenvalue weighted by atomic mass is 9.82. The summed E-state index contributed by atoms with van der Waals surface area (Å²) in [6, 6.07) is 5.68. The Morgan fingerprint density at radius 1 is 1.14 bits per heavy atom. The molecule has 3 nitrogen and oxygen atoms in total. The largest absolute Gasteiger partial charge is 0.388 e. The maximum absolute atomic E-state index is 12.5. The van der Waals surface area contributed by atoms with Crippen molar-refractivity contribution < 1.29 is 4.21 Å². The Bertz CT molecular complexity index is 518. The lowest BCUT2D eigenvalue weighted by Gasteiger charge is -2.35. The predicted molar refractivity (Wildman–Crippen MR) is 94.2 cm³/mol. The molecule has 0 aromatic heterocycles. The molecule has 1 aromatic carbocycles. The van der Waals surface area contributed by atoms with Gasteiger partial charge in [0.25, 0.3) is 0 Å². The van der Waals surface area contributed by atoms with E-state index in [9.17, 15) is 4.21 Å². The summed E-state index contributed by atoms with van der Waals surface area (Å²) in [5.74, 6) is 0. The van der Waals surface area contributed by atoms with Crippen molar-refractivity contribution in [3.63, 3.8) is 0 Å². The SMILES string of the molecule is CNc1ccc(Cl)cc1[C@@H](N[S@](=O)C(C)(C)C)C(C)(C)C. The van der Waals surface area contributed by atoms with Crippen molar-refractivity contribution in [3.05, 3.63) is 28.8 Å². The van der Waals surface area contributed by atoms with Gasteiger partial charge in [0.2, 0.25) is 0 Å². The average molecular weight is 331 g/mol. The van der Waals surface area contributed by atoms with Crippen LogP contribution in [0.15, 0.2) is 18.2 Å². The first-order valence-corrected chi connectivity index (χ1v) is 8.65. The molecule has 0 saturated carbocycles. The van der Waals surface area contributed by atoms with Gasteiger partial charge in [-0.15, -0.1) is 0 Å². The van der Waals surface area contributed by atoms with Gasteiger partial charge in [0.15, 0.2) is 0 Å². The van der Waals surface area contributed by atoms with Crippen LogP contribution in [0.1, 0.15) is 53.1 Å². The maximum Gasteiger partial charge on any atom is 0.0976 e. The zero-order valence-corrected chi connectivity index (χ0v) is 15.6. The highest BCUT2D eigenvalue weighted by atomic mass is 35.5. The van der Waals surface area contributed by atoms with Crippen LogP contribution in [0.25, 0.3) is 0 Å². The van der Waals surface area contributed by atoms with Gasteiger partial charge in [-0.3, -0.25) is 0 Å². The second kappa shape index (κ2) is 6.67. The molecule has 0 radical (unpaired) electrons. The Morgan fingerprint density at radius 3 is 2.14 bits per heavy atom. The molecule has 0 aliphatic heterocycles. The van der Waals surface area contributed by atoms with E-state index < -0.39 is 11.0 Å². The zero-order chi connectivity index (χ0) is 16.4. The van der Waals surface area contributed by atoms with Crippen molar-refractivity contribution >= 4 is 28.3 Å². The number of halogens is 1. The first-order chi connectivity index (χ1) is 9.46. The fraction of sp³-hybridized carbons (Fsp3) is 0.625. The molecule has 5 heteroatoms. The molecule has 0 aliphatic rings. The Balaban J connectivity index is 3.28. The van der Waals surface area contributed by atoms with E-state index in [1.54, 1.807) is 0 Å². The van der Waals surface area contributed by atoms with Crippen molar-refractivity contribution in [1.82, 2.24) is 4.72 Å². The minimum atomic E-state index is -1.15. The Kier molecular flexibility index (Phi) is 5.87. The molecule has 21 heavy (non-hydrogen) atoms. The fourth-order valence-electron chi connectivity index (χ4n) is 1.99. The summed E-state index contributed by atoms with van der Waals surface area (Å²) in [5.41, 5.74) is 1.94. The van der Waals surface area contributed by atoms with Gasteiger partial charge >= 0.3 is 0 Å². The molecule has 0 saturated heterocycles. The van der Waals surface area contributed by atoms with Gasteiger partial charge in [0.05, 0.1) is 21.8 Å². The van der Waals surface area contributed by atoms with Gasteiger partial charge in [-0.2, -0.15) is 0 Å². The fourth-order valence-corrected chi connectivity index (χ4v) is 3.22. The highest BCUT2D eigenvalue weighted by molar-refractivity contribution is 7.84. The minimum Gasteiger partial charge on any atom is -0.388 e. The topological polar surface area (TPSA) is 41.1 Å². The maximum atomic E-state index is 12.5. The zero-order valence-electron chi connectivity index (χ0n) is 14.0. The van der Waals surface area contributed by atoms with E-state index >= 15 is 0 Å². The summed E-state index contributed by atoms with van der Waals surface area (Å²) in [7, 11) is 0.730. The molecular formula is C16H27ClN2OS. The van der Waals surface area contributed by atoms with Crippen LogP contribution in [0.3, 0.4) is 0 Å². The Morgan fingerprint density at radius 2 is 1.71 bits per heavy atom. The predicted octanol–water partition coefficient (Wildman–Crippen LogP) is 4.52. The smallest absolute Gasteiger partial charge is 0.0976 e. The first kappa shape index (κ1) is 18.5. The van der Waals surface area contributed by atoms with Crippen LogP contribution in [-0.2, 0) is 11.0 Å². The Labute approximate surface area is 136 Å². The number of nitrogens with one attached hydrogen (secondary N) is 2. The first-order valence-electron chi connectivity index (χ1n) is 7.12. The van der Waals surface area contributed by atoms with Gasteiger partial charge in [-0.25, -0.2) is 8.93 Å². The van der Waals surface area contributed by atoms with Crippen molar-refractivity contribution in [2.75, 3.05) is 12.4 Å². The molecule has 0 unspecified atom stereocenters. The summed E-state index contributed by atoms with van der Waals surface area (Å²) in [4.78, 5) is 0. The standard InChI is InChI=1S/C16H27ClN2OS/c1-15(2,3)14(19-21(20)16(4,5)6)12-10-11(17)8-9-13(12)18-7/h8-10,14,18-19H,1-7H3/t14-,21-/m1/s1. The van der Waals surface area contributed by atoms with Gasteiger partial charge in [0.1, 0.15) is 0 Å². The highest BCUT2D eigenvalue weighted by Gasteiger charge is 2.32. The van der Waals surface area contributed by atoms with E-state index in [1.165, 1.54) is 0 Å². The van der Waals surface area contributed by atoms with Crippen LogP contribution in [-0.4, -0.2) is 16.0 Å². The Hall–Kier alpha value is -0.580. The van der Waals surface area contributed by atoms with Crippen molar-refractivity contribution in [1.29, 1.82) is 0 Å². The van der Waals surface area contributed by atoms with Gasteiger partial charge in [-0.1, -0.05) is 32.4 Å². The molecule has 2 N–H and O–H groups in total. The molecule has 2 atom stereocenters.